The SMILES string of the molecule is CC(C)(C)OC(=O)C(O)(CC(=O)NCCCN(O)C(=O)/C=C/c1ccccc1)CC(=O)NCCCN(O)C(=O)/C=C/c1ccccc1. The number of aliphatic hydroxyl groups is 1. The minimum absolute atomic E-state index is 0.000908. The van der Waals surface area contributed by atoms with Crippen molar-refractivity contribution in [2.45, 2.75) is 57.7 Å². The predicted molar refractivity (Wildman–Crippen MR) is 173 cm³/mol. The summed E-state index contributed by atoms with van der Waals surface area (Å²) in [6, 6.07) is 18.1. The molecule has 0 spiro atoms. The lowest BCUT2D eigenvalue weighted by Crippen LogP contribution is -2.50. The maximum Gasteiger partial charge on any atom is 0.339 e. The third-order valence-corrected chi connectivity index (χ3v) is 6.37. The van der Waals surface area contributed by atoms with E-state index in [1.807, 2.05) is 36.4 Å². The lowest BCUT2D eigenvalue weighted by molar-refractivity contribution is -0.181. The summed E-state index contributed by atoms with van der Waals surface area (Å²) in [4.78, 5) is 62.4. The molecular weight excluding hydrogens is 608 g/mol. The van der Waals surface area contributed by atoms with Crippen LogP contribution in [0.1, 0.15) is 57.6 Å². The van der Waals surface area contributed by atoms with Crippen LogP contribution in [0.2, 0.25) is 0 Å². The van der Waals surface area contributed by atoms with Gasteiger partial charge in [-0.2, -0.15) is 0 Å². The van der Waals surface area contributed by atoms with Crippen LogP contribution in [0.5, 0.6) is 0 Å². The van der Waals surface area contributed by atoms with E-state index in [1.54, 1.807) is 57.2 Å². The minimum Gasteiger partial charge on any atom is -0.458 e. The molecule has 2 rings (SSSR count). The zero-order valence-corrected chi connectivity index (χ0v) is 26.9. The van der Waals surface area contributed by atoms with Gasteiger partial charge in [0.1, 0.15) is 5.60 Å². The van der Waals surface area contributed by atoms with Crippen molar-refractivity contribution in [1.82, 2.24) is 20.8 Å². The highest BCUT2D eigenvalue weighted by Gasteiger charge is 2.43. The van der Waals surface area contributed by atoms with Crippen LogP contribution in [0.15, 0.2) is 72.8 Å². The molecule has 0 radical (unpaired) electrons. The summed E-state index contributed by atoms with van der Waals surface area (Å²) in [5, 5.41) is 37.1. The van der Waals surface area contributed by atoms with Crippen molar-refractivity contribution in [3.05, 3.63) is 83.9 Å². The highest BCUT2D eigenvalue weighted by molar-refractivity contribution is 5.93. The Balaban J connectivity index is 1.82. The number of hydrogen-bond acceptors (Lipinski definition) is 9. The van der Waals surface area contributed by atoms with Gasteiger partial charge in [0.2, 0.25) is 11.8 Å². The summed E-state index contributed by atoms with van der Waals surface area (Å²) < 4.78 is 5.27. The van der Waals surface area contributed by atoms with E-state index in [2.05, 4.69) is 10.6 Å². The first kappa shape index (κ1) is 38.3. The van der Waals surface area contributed by atoms with E-state index in [9.17, 15) is 39.5 Å². The molecule has 0 saturated carbocycles. The normalized spacial score (nSPS) is 11.7. The highest BCUT2D eigenvalue weighted by Crippen LogP contribution is 2.22. The summed E-state index contributed by atoms with van der Waals surface area (Å²) in [6.45, 7) is 4.50. The summed E-state index contributed by atoms with van der Waals surface area (Å²) in [5.41, 5.74) is -1.95. The average Bonchev–Trinajstić information content (AvgIpc) is 3.02. The Hall–Kier alpha value is -4.85. The van der Waals surface area contributed by atoms with Crippen LogP contribution in [0, 0.1) is 0 Å². The first-order chi connectivity index (χ1) is 22.2. The smallest absolute Gasteiger partial charge is 0.339 e. The molecule has 4 amide bonds. The fraction of sp³-hybridized carbons (Fsp3) is 0.382. The molecule has 5 N–H and O–H groups in total. The molecule has 2 aromatic rings. The van der Waals surface area contributed by atoms with Crippen molar-refractivity contribution in [2.75, 3.05) is 26.2 Å². The van der Waals surface area contributed by atoms with Gasteiger partial charge in [0.25, 0.3) is 11.8 Å². The van der Waals surface area contributed by atoms with Crippen molar-refractivity contribution < 1.29 is 44.2 Å². The van der Waals surface area contributed by atoms with Crippen LogP contribution in [0.4, 0.5) is 0 Å². The molecule has 0 aliphatic heterocycles. The fourth-order valence-corrected chi connectivity index (χ4v) is 4.01. The largest absolute Gasteiger partial charge is 0.458 e. The van der Waals surface area contributed by atoms with E-state index in [0.29, 0.717) is 10.1 Å². The Morgan fingerprint density at radius 1 is 0.702 bits per heavy atom. The number of hydrogen-bond donors (Lipinski definition) is 5. The van der Waals surface area contributed by atoms with E-state index in [-0.39, 0.29) is 39.0 Å². The van der Waals surface area contributed by atoms with Gasteiger partial charge in [-0.15, -0.1) is 0 Å². The van der Waals surface area contributed by atoms with Gasteiger partial charge in [0.15, 0.2) is 5.60 Å². The van der Waals surface area contributed by atoms with Crippen molar-refractivity contribution >= 4 is 41.8 Å². The van der Waals surface area contributed by atoms with Gasteiger partial charge < -0.3 is 20.5 Å². The Morgan fingerprint density at radius 3 is 1.45 bits per heavy atom. The summed E-state index contributed by atoms with van der Waals surface area (Å²) in [5.74, 6) is -3.98. The third-order valence-electron chi connectivity index (χ3n) is 6.37. The van der Waals surface area contributed by atoms with Gasteiger partial charge in [-0.25, -0.2) is 14.9 Å². The second-order valence-electron chi connectivity index (χ2n) is 11.7. The molecule has 0 aliphatic rings. The Kier molecular flexibility index (Phi) is 15.5. The van der Waals surface area contributed by atoms with Gasteiger partial charge in [-0.1, -0.05) is 60.7 Å². The van der Waals surface area contributed by atoms with Crippen LogP contribution in [0.3, 0.4) is 0 Å². The molecule has 47 heavy (non-hydrogen) atoms. The number of benzene rings is 2. The van der Waals surface area contributed by atoms with Crippen LogP contribution < -0.4 is 10.6 Å². The molecule has 0 atom stereocenters. The standard InChI is InChI=1S/C34H44N4O9/c1-33(2,3)47-32(43)34(44,24-28(39)35-20-10-22-37(45)30(41)18-16-26-12-6-4-7-13-26)25-29(40)36-21-11-23-38(46)31(42)19-17-27-14-8-5-9-15-27/h4-9,12-19,44-46H,10-11,20-25H2,1-3H3,(H,35,39)(H,36,40)/b18-16+,19-17+. The minimum atomic E-state index is -2.50. The second kappa shape index (κ2) is 19.0. The molecule has 0 aliphatic carbocycles. The van der Waals surface area contributed by atoms with Crippen molar-refractivity contribution in [1.29, 1.82) is 0 Å². The van der Waals surface area contributed by atoms with Crippen LogP contribution in [0.25, 0.3) is 12.2 Å². The summed E-state index contributed by atoms with van der Waals surface area (Å²) in [7, 11) is 0. The molecule has 254 valence electrons. The van der Waals surface area contributed by atoms with Crippen LogP contribution >= 0.6 is 0 Å². The predicted octanol–water partition coefficient (Wildman–Crippen LogP) is 2.71. The lowest BCUT2D eigenvalue weighted by atomic mass is 9.94. The van der Waals surface area contributed by atoms with Crippen LogP contribution in [-0.2, 0) is 28.7 Å². The van der Waals surface area contributed by atoms with Gasteiger partial charge in [-0.3, -0.25) is 29.6 Å². The molecule has 0 fully saturated rings. The van der Waals surface area contributed by atoms with E-state index >= 15 is 0 Å². The second-order valence-corrected chi connectivity index (χ2v) is 11.7. The first-order valence-electron chi connectivity index (χ1n) is 15.1. The fourth-order valence-electron chi connectivity index (χ4n) is 4.01. The Morgan fingerprint density at radius 2 is 1.09 bits per heavy atom. The number of nitrogens with zero attached hydrogens (tertiary/aromatic N) is 2. The Bertz CT molecular complexity index is 1300. The topological polar surface area (TPSA) is 186 Å². The number of amides is 4. The molecule has 0 unspecified atom stereocenters. The number of rotatable bonds is 17. The quantitative estimate of drug-likeness (QED) is 0.0563. The van der Waals surface area contributed by atoms with Crippen molar-refractivity contribution in [2.24, 2.45) is 0 Å². The number of hydroxylamine groups is 4. The molecular formula is C34H44N4O9. The molecule has 13 heteroatoms. The lowest BCUT2D eigenvalue weighted by Gasteiger charge is -2.29. The third kappa shape index (κ3) is 15.3. The van der Waals surface area contributed by atoms with Crippen molar-refractivity contribution in [3.8, 4) is 0 Å². The number of carbonyl (C=O) groups excluding carboxylic acids is 5. The maximum atomic E-state index is 12.9. The molecule has 13 nitrogen and oxygen atoms in total. The number of esters is 1. The van der Waals surface area contributed by atoms with E-state index in [1.165, 1.54) is 12.2 Å². The van der Waals surface area contributed by atoms with Crippen molar-refractivity contribution in [3.63, 3.8) is 0 Å². The molecule has 0 aromatic heterocycles. The first-order valence-corrected chi connectivity index (χ1v) is 15.1. The average molecular weight is 653 g/mol. The van der Waals surface area contributed by atoms with Gasteiger partial charge in [-0.05, 0) is 56.9 Å². The summed E-state index contributed by atoms with van der Waals surface area (Å²) in [6.07, 6.45) is 4.26. The summed E-state index contributed by atoms with van der Waals surface area (Å²) >= 11 is 0. The Labute approximate surface area is 274 Å². The maximum absolute atomic E-state index is 12.9. The number of carbonyl (C=O) groups is 5. The zero-order chi connectivity index (χ0) is 34.9. The van der Waals surface area contributed by atoms with E-state index in [4.69, 9.17) is 4.74 Å². The molecule has 2 aromatic carbocycles. The number of ether oxygens (including phenoxy) is 1. The van der Waals surface area contributed by atoms with Gasteiger partial charge in [0, 0.05) is 25.2 Å². The monoisotopic (exact) mass is 652 g/mol. The van der Waals surface area contributed by atoms with E-state index < -0.39 is 53.6 Å². The number of nitrogens with one attached hydrogen (secondary N) is 2. The molecule has 0 heterocycles. The van der Waals surface area contributed by atoms with Gasteiger partial charge >= 0.3 is 5.97 Å². The molecule has 0 saturated heterocycles. The van der Waals surface area contributed by atoms with Gasteiger partial charge in [0.05, 0.1) is 25.9 Å². The van der Waals surface area contributed by atoms with E-state index in [0.717, 1.165) is 11.1 Å². The van der Waals surface area contributed by atoms with Crippen LogP contribution in [-0.4, -0.2) is 92.6 Å². The molecule has 0 bridgehead atoms. The zero-order valence-electron chi connectivity index (χ0n) is 26.9. The highest BCUT2D eigenvalue weighted by atomic mass is 16.6.